The molecule has 1 saturated heterocycles. The number of anilines is 2. The number of hydrogen-bond acceptors (Lipinski definition) is 6. The van der Waals surface area contributed by atoms with E-state index in [2.05, 4.69) is 41.8 Å². The molecule has 1 aliphatic rings. The Morgan fingerprint density at radius 3 is 2.96 bits per heavy atom. The van der Waals surface area contributed by atoms with E-state index in [0.717, 1.165) is 43.4 Å². The Hall–Kier alpha value is -2.80. The first-order valence-electron chi connectivity index (χ1n) is 9.43. The minimum absolute atomic E-state index is 0.615. The average molecular weight is 363 g/mol. The molecule has 1 fully saturated rings. The molecular weight excluding hydrogens is 338 g/mol. The maximum absolute atomic E-state index is 4.49. The SMILES string of the molecule is Cn1cncc1CN1CCCC(Cc2cc(Nc3ccccn3)ncn2)C1. The van der Waals surface area contributed by atoms with Gasteiger partial charge < -0.3 is 9.88 Å². The molecule has 7 nitrogen and oxygen atoms in total. The molecule has 3 aromatic rings. The summed E-state index contributed by atoms with van der Waals surface area (Å²) in [5, 5.41) is 3.24. The Morgan fingerprint density at radius 2 is 2.15 bits per heavy atom. The highest BCUT2D eigenvalue weighted by atomic mass is 15.2. The maximum Gasteiger partial charge on any atom is 0.135 e. The van der Waals surface area contributed by atoms with Gasteiger partial charge in [-0.25, -0.2) is 19.9 Å². The fourth-order valence-corrected chi connectivity index (χ4v) is 3.67. The number of nitrogens with zero attached hydrogens (tertiary/aromatic N) is 6. The molecule has 3 aromatic heterocycles. The average Bonchev–Trinajstić information content (AvgIpc) is 3.08. The summed E-state index contributed by atoms with van der Waals surface area (Å²) in [4.78, 5) is 19.8. The van der Waals surface area contributed by atoms with Crippen molar-refractivity contribution in [3.05, 3.63) is 60.7 Å². The third kappa shape index (κ3) is 4.68. The molecule has 1 unspecified atom stereocenters. The molecule has 4 heterocycles. The quantitative estimate of drug-likeness (QED) is 0.726. The van der Waals surface area contributed by atoms with Gasteiger partial charge in [-0.15, -0.1) is 0 Å². The van der Waals surface area contributed by atoms with Crippen LogP contribution in [0.3, 0.4) is 0 Å². The minimum Gasteiger partial charge on any atom is -0.337 e. The molecule has 1 aliphatic heterocycles. The van der Waals surface area contributed by atoms with Crippen LogP contribution in [0.5, 0.6) is 0 Å². The van der Waals surface area contributed by atoms with Gasteiger partial charge in [-0.3, -0.25) is 4.90 Å². The summed E-state index contributed by atoms with van der Waals surface area (Å²) in [6.45, 7) is 3.21. The maximum atomic E-state index is 4.49. The van der Waals surface area contributed by atoms with Gasteiger partial charge in [0, 0.05) is 44.3 Å². The molecule has 0 aromatic carbocycles. The lowest BCUT2D eigenvalue weighted by Crippen LogP contribution is -2.36. The summed E-state index contributed by atoms with van der Waals surface area (Å²) < 4.78 is 2.10. The van der Waals surface area contributed by atoms with Crippen LogP contribution in [0.15, 0.2) is 49.3 Å². The van der Waals surface area contributed by atoms with Crippen LogP contribution in [0, 0.1) is 5.92 Å². The predicted molar refractivity (Wildman–Crippen MR) is 104 cm³/mol. The first-order chi connectivity index (χ1) is 13.3. The molecule has 0 radical (unpaired) electrons. The number of rotatable bonds is 6. The third-order valence-corrected chi connectivity index (χ3v) is 5.05. The van der Waals surface area contributed by atoms with E-state index < -0.39 is 0 Å². The number of nitrogens with one attached hydrogen (secondary N) is 1. The molecule has 27 heavy (non-hydrogen) atoms. The first-order valence-corrected chi connectivity index (χ1v) is 9.43. The van der Waals surface area contributed by atoms with Gasteiger partial charge in [-0.2, -0.15) is 0 Å². The highest BCUT2D eigenvalue weighted by molar-refractivity contribution is 5.50. The van der Waals surface area contributed by atoms with Gasteiger partial charge in [-0.1, -0.05) is 6.07 Å². The first kappa shape index (κ1) is 17.6. The van der Waals surface area contributed by atoms with Gasteiger partial charge >= 0.3 is 0 Å². The Balaban J connectivity index is 1.37. The van der Waals surface area contributed by atoms with Crippen molar-refractivity contribution in [2.75, 3.05) is 18.4 Å². The molecule has 0 spiro atoms. The number of aromatic nitrogens is 5. The zero-order valence-corrected chi connectivity index (χ0v) is 15.6. The molecule has 1 N–H and O–H groups in total. The van der Waals surface area contributed by atoms with Crippen molar-refractivity contribution in [2.24, 2.45) is 13.0 Å². The molecule has 0 saturated carbocycles. The van der Waals surface area contributed by atoms with Gasteiger partial charge in [-0.05, 0) is 43.9 Å². The summed E-state index contributed by atoms with van der Waals surface area (Å²) in [6.07, 6.45) is 10.7. The summed E-state index contributed by atoms with van der Waals surface area (Å²) in [6, 6.07) is 7.82. The second-order valence-electron chi connectivity index (χ2n) is 7.18. The third-order valence-electron chi connectivity index (χ3n) is 5.05. The summed E-state index contributed by atoms with van der Waals surface area (Å²) in [7, 11) is 2.06. The van der Waals surface area contributed by atoms with E-state index >= 15 is 0 Å². The largest absolute Gasteiger partial charge is 0.337 e. The smallest absolute Gasteiger partial charge is 0.135 e. The van der Waals surface area contributed by atoms with Crippen molar-refractivity contribution in [1.29, 1.82) is 0 Å². The fourth-order valence-electron chi connectivity index (χ4n) is 3.67. The number of likely N-dealkylation sites (tertiary alicyclic amines) is 1. The van der Waals surface area contributed by atoms with Gasteiger partial charge in [0.15, 0.2) is 0 Å². The van der Waals surface area contributed by atoms with Crippen molar-refractivity contribution in [1.82, 2.24) is 29.4 Å². The fraction of sp³-hybridized carbons (Fsp3) is 0.400. The second-order valence-corrected chi connectivity index (χ2v) is 7.18. The molecular formula is C20H25N7. The van der Waals surface area contributed by atoms with Gasteiger partial charge in [0.25, 0.3) is 0 Å². The minimum atomic E-state index is 0.615. The molecule has 0 aliphatic carbocycles. The topological polar surface area (TPSA) is 71.8 Å². The Morgan fingerprint density at radius 1 is 1.19 bits per heavy atom. The zero-order valence-electron chi connectivity index (χ0n) is 15.6. The summed E-state index contributed by atoms with van der Waals surface area (Å²) >= 11 is 0. The molecule has 0 amide bonds. The van der Waals surface area contributed by atoms with Crippen molar-refractivity contribution in [3.8, 4) is 0 Å². The van der Waals surface area contributed by atoms with Crippen molar-refractivity contribution >= 4 is 11.6 Å². The molecule has 0 bridgehead atoms. The van der Waals surface area contributed by atoms with E-state index in [0.29, 0.717) is 5.92 Å². The Bertz CT molecular complexity index is 862. The van der Waals surface area contributed by atoms with E-state index in [4.69, 9.17) is 0 Å². The van der Waals surface area contributed by atoms with Crippen LogP contribution in [0.1, 0.15) is 24.2 Å². The van der Waals surface area contributed by atoms with E-state index in [1.54, 1.807) is 12.5 Å². The standard InChI is InChI=1S/C20H25N7/c1-26-15-21-11-18(26)13-27-8-4-5-16(12-27)9-17-10-20(24-14-23-17)25-19-6-2-3-7-22-19/h2-3,6-7,10-11,14-16H,4-5,8-9,12-13H2,1H3,(H,22,23,24,25). The lowest BCUT2D eigenvalue weighted by molar-refractivity contribution is 0.163. The molecule has 140 valence electrons. The van der Waals surface area contributed by atoms with Crippen LogP contribution >= 0.6 is 0 Å². The van der Waals surface area contributed by atoms with Gasteiger partial charge in [0.2, 0.25) is 0 Å². The number of hydrogen-bond donors (Lipinski definition) is 1. The highest BCUT2D eigenvalue weighted by Gasteiger charge is 2.21. The van der Waals surface area contributed by atoms with E-state index in [9.17, 15) is 0 Å². The van der Waals surface area contributed by atoms with Crippen LogP contribution in [0.25, 0.3) is 0 Å². The second kappa shape index (κ2) is 8.26. The monoisotopic (exact) mass is 363 g/mol. The molecule has 1 atom stereocenters. The highest BCUT2D eigenvalue weighted by Crippen LogP contribution is 2.22. The lowest BCUT2D eigenvalue weighted by Gasteiger charge is -2.32. The van der Waals surface area contributed by atoms with Crippen LogP contribution in [-0.4, -0.2) is 42.5 Å². The zero-order chi connectivity index (χ0) is 18.5. The number of aryl methyl sites for hydroxylation is 1. The van der Waals surface area contributed by atoms with Crippen molar-refractivity contribution < 1.29 is 0 Å². The van der Waals surface area contributed by atoms with Crippen molar-refractivity contribution in [3.63, 3.8) is 0 Å². The summed E-state index contributed by atoms with van der Waals surface area (Å²) in [5.41, 5.74) is 2.34. The van der Waals surface area contributed by atoms with Crippen molar-refractivity contribution in [2.45, 2.75) is 25.8 Å². The van der Waals surface area contributed by atoms with Crippen LogP contribution in [0.2, 0.25) is 0 Å². The lowest BCUT2D eigenvalue weighted by atomic mass is 9.93. The normalized spacial score (nSPS) is 17.7. The number of pyridine rings is 1. The van der Waals surface area contributed by atoms with Crippen LogP contribution in [0.4, 0.5) is 11.6 Å². The van der Waals surface area contributed by atoms with E-state index in [-0.39, 0.29) is 0 Å². The van der Waals surface area contributed by atoms with E-state index in [1.165, 1.54) is 18.5 Å². The molecule has 4 rings (SSSR count). The van der Waals surface area contributed by atoms with Gasteiger partial charge in [0.05, 0.1) is 12.0 Å². The Labute approximate surface area is 159 Å². The van der Waals surface area contributed by atoms with E-state index in [1.807, 2.05) is 36.8 Å². The van der Waals surface area contributed by atoms with Crippen LogP contribution in [-0.2, 0) is 20.0 Å². The molecule has 7 heteroatoms. The summed E-state index contributed by atoms with van der Waals surface area (Å²) in [5.74, 6) is 2.20. The predicted octanol–water partition coefficient (Wildman–Crippen LogP) is 2.80. The van der Waals surface area contributed by atoms with Gasteiger partial charge in [0.1, 0.15) is 18.0 Å². The number of imidazole rings is 1. The number of piperidine rings is 1. The Kier molecular flexibility index (Phi) is 5.39. The van der Waals surface area contributed by atoms with Crippen LogP contribution < -0.4 is 5.32 Å².